The quantitative estimate of drug-likeness (QED) is 0.716. The monoisotopic (exact) mass is 244 g/mol. The van der Waals surface area contributed by atoms with Gasteiger partial charge >= 0.3 is 12.4 Å². The van der Waals surface area contributed by atoms with Crippen molar-refractivity contribution in [3.63, 3.8) is 0 Å². The molecule has 0 radical (unpaired) electrons. The van der Waals surface area contributed by atoms with Gasteiger partial charge in [-0.15, -0.1) is 0 Å². The van der Waals surface area contributed by atoms with Crippen LogP contribution in [0.5, 0.6) is 0 Å². The lowest BCUT2D eigenvalue weighted by molar-refractivity contribution is -0.158. The van der Waals surface area contributed by atoms with Gasteiger partial charge in [-0.05, 0) is 0 Å². The Labute approximate surface area is 87.1 Å². The highest BCUT2D eigenvalue weighted by molar-refractivity contribution is 4.99. The van der Waals surface area contributed by atoms with Crippen LogP contribution in [0.25, 0.3) is 0 Å². The second kappa shape index (κ2) is 5.06. The highest BCUT2D eigenvalue weighted by atomic mass is 19.4. The van der Waals surface area contributed by atoms with Crippen LogP contribution in [0.4, 0.5) is 26.3 Å². The van der Waals surface area contributed by atoms with Gasteiger partial charge in [-0.3, -0.25) is 0 Å². The zero-order chi connectivity index (χ0) is 13.0. The van der Waals surface area contributed by atoms with E-state index in [4.69, 9.17) is 10.5 Å². The van der Waals surface area contributed by atoms with Gasteiger partial charge < -0.3 is 0 Å². The summed E-state index contributed by atoms with van der Waals surface area (Å²) < 4.78 is 71.3. The number of halogens is 6. The SMILES string of the molecule is N#CC(CC(F)(F)F)C(C#N)CC(F)(F)F. The van der Waals surface area contributed by atoms with E-state index >= 15 is 0 Å². The molecule has 2 unspecified atom stereocenters. The van der Waals surface area contributed by atoms with Crippen molar-refractivity contribution in [3.8, 4) is 12.1 Å². The van der Waals surface area contributed by atoms with Crippen molar-refractivity contribution < 1.29 is 26.3 Å². The number of hydrogen-bond acceptors (Lipinski definition) is 2. The summed E-state index contributed by atoms with van der Waals surface area (Å²) in [5.74, 6) is -3.99. The smallest absolute Gasteiger partial charge is 0.198 e. The maximum Gasteiger partial charge on any atom is 0.390 e. The number of nitriles is 2. The molecule has 0 spiro atoms. The maximum atomic E-state index is 11.9. The molecular weight excluding hydrogens is 238 g/mol. The third kappa shape index (κ3) is 6.12. The van der Waals surface area contributed by atoms with Crippen molar-refractivity contribution in [2.45, 2.75) is 25.2 Å². The van der Waals surface area contributed by atoms with Crippen molar-refractivity contribution >= 4 is 0 Å². The summed E-state index contributed by atoms with van der Waals surface area (Å²) in [7, 11) is 0. The topological polar surface area (TPSA) is 47.6 Å². The number of nitrogens with zero attached hydrogens (tertiary/aromatic N) is 2. The van der Waals surface area contributed by atoms with Crippen LogP contribution >= 0.6 is 0 Å². The Morgan fingerprint density at radius 3 is 1.12 bits per heavy atom. The van der Waals surface area contributed by atoms with E-state index in [9.17, 15) is 26.3 Å². The van der Waals surface area contributed by atoms with Crippen LogP contribution in [0.2, 0.25) is 0 Å². The molecule has 0 saturated heterocycles. The summed E-state index contributed by atoms with van der Waals surface area (Å²) in [4.78, 5) is 0. The first-order chi connectivity index (χ1) is 7.09. The van der Waals surface area contributed by atoms with Crippen molar-refractivity contribution in [1.29, 1.82) is 10.5 Å². The fourth-order valence-corrected chi connectivity index (χ4v) is 1.05. The van der Waals surface area contributed by atoms with Gasteiger partial charge in [0.15, 0.2) is 0 Å². The van der Waals surface area contributed by atoms with Crippen molar-refractivity contribution in [2.24, 2.45) is 11.8 Å². The van der Waals surface area contributed by atoms with Crippen molar-refractivity contribution in [2.75, 3.05) is 0 Å². The van der Waals surface area contributed by atoms with Crippen LogP contribution in [0, 0.1) is 34.5 Å². The third-order valence-electron chi connectivity index (χ3n) is 1.72. The Balaban J connectivity index is 4.68. The van der Waals surface area contributed by atoms with Gasteiger partial charge in [-0.2, -0.15) is 36.9 Å². The van der Waals surface area contributed by atoms with Gasteiger partial charge in [0.05, 0.1) is 36.8 Å². The van der Waals surface area contributed by atoms with Gasteiger partial charge in [0.1, 0.15) is 0 Å². The van der Waals surface area contributed by atoms with E-state index in [1.807, 2.05) is 0 Å². The molecule has 0 saturated carbocycles. The number of alkyl halides is 6. The molecule has 0 N–H and O–H groups in total. The van der Waals surface area contributed by atoms with Gasteiger partial charge in [-0.1, -0.05) is 0 Å². The first-order valence-corrected chi connectivity index (χ1v) is 4.02. The molecule has 0 aliphatic heterocycles. The van der Waals surface area contributed by atoms with Crippen molar-refractivity contribution in [1.82, 2.24) is 0 Å². The van der Waals surface area contributed by atoms with Gasteiger partial charge in [0.2, 0.25) is 0 Å². The van der Waals surface area contributed by atoms with Crippen LogP contribution in [-0.2, 0) is 0 Å². The van der Waals surface area contributed by atoms with Crippen LogP contribution in [-0.4, -0.2) is 12.4 Å². The number of rotatable bonds is 3. The predicted molar refractivity (Wildman–Crippen MR) is 39.6 cm³/mol. The molecule has 0 aliphatic rings. The normalized spacial score (nSPS) is 16.0. The lowest BCUT2D eigenvalue weighted by Gasteiger charge is -2.18. The van der Waals surface area contributed by atoms with E-state index in [2.05, 4.69) is 0 Å². The summed E-state index contributed by atoms with van der Waals surface area (Å²) in [6.45, 7) is 0. The molecule has 0 bridgehead atoms. The highest BCUT2D eigenvalue weighted by Gasteiger charge is 2.41. The Morgan fingerprint density at radius 2 is 1.00 bits per heavy atom. The van der Waals surface area contributed by atoms with E-state index in [1.54, 1.807) is 0 Å². The van der Waals surface area contributed by atoms with Crippen LogP contribution < -0.4 is 0 Å². The largest absolute Gasteiger partial charge is 0.390 e. The maximum absolute atomic E-state index is 11.9. The summed E-state index contributed by atoms with van der Waals surface area (Å²) >= 11 is 0. The standard InChI is InChI=1S/C8H6F6N2/c9-7(10,11)1-5(3-15)6(4-16)2-8(12,13)14/h5-6H,1-2H2. The second-order valence-corrected chi connectivity index (χ2v) is 3.11. The molecule has 0 rings (SSSR count). The van der Waals surface area contributed by atoms with E-state index in [0.717, 1.165) is 12.1 Å². The Bertz CT molecular complexity index is 272. The molecule has 0 heterocycles. The van der Waals surface area contributed by atoms with Gasteiger partial charge in [0.25, 0.3) is 0 Å². The molecule has 0 fully saturated rings. The summed E-state index contributed by atoms with van der Waals surface area (Å²) in [6, 6.07) is 2.18. The molecule has 90 valence electrons. The van der Waals surface area contributed by atoms with Gasteiger partial charge in [0, 0.05) is 0 Å². The summed E-state index contributed by atoms with van der Waals surface area (Å²) in [5, 5.41) is 16.6. The lowest BCUT2D eigenvalue weighted by atomic mass is 9.89. The minimum absolute atomic E-state index is 1.09. The molecule has 0 aliphatic carbocycles. The fraction of sp³-hybridized carbons (Fsp3) is 0.750. The molecular formula is C8H6F6N2. The second-order valence-electron chi connectivity index (χ2n) is 3.11. The molecule has 16 heavy (non-hydrogen) atoms. The van der Waals surface area contributed by atoms with Crippen molar-refractivity contribution in [3.05, 3.63) is 0 Å². The van der Waals surface area contributed by atoms with Crippen LogP contribution in [0.3, 0.4) is 0 Å². The lowest BCUT2D eigenvalue weighted by Crippen LogP contribution is -2.24. The summed E-state index contributed by atoms with van der Waals surface area (Å²) in [6.07, 6.45) is -12.9. The number of hydrogen-bond donors (Lipinski definition) is 0. The molecule has 8 heteroatoms. The zero-order valence-electron chi connectivity index (χ0n) is 7.73. The Hall–Kier alpha value is -1.44. The first-order valence-electron chi connectivity index (χ1n) is 4.02. The molecule has 0 aromatic carbocycles. The summed E-state index contributed by atoms with van der Waals surface area (Å²) in [5.41, 5.74) is 0. The minimum Gasteiger partial charge on any atom is -0.198 e. The van der Waals surface area contributed by atoms with Crippen LogP contribution in [0.1, 0.15) is 12.8 Å². The average Bonchev–Trinajstić information content (AvgIpc) is 2.07. The molecule has 0 aromatic heterocycles. The van der Waals surface area contributed by atoms with E-state index in [-0.39, 0.29) is 0 Å². The third-order valence-corrected chi connectivity index (χ3v) is 1.72. The van der Waals surface area contributed by atoms with E-state index in [0.29, 0.717) is 0 Å². The highest BCUT2D eigenvalue weighted by Crippen LogP contribution is 2.34. The van der Waals surface area contributed by atoms with E-state index in [1.165, 1.54) is 0 Å². The Kier molecular flexibility index (Phi) is 4.61. The van der Waals surface area contributed by atoms with Gasteiger partial charge in [-0.25, -0.2) is 0 Å². The fourth-order valence-electron chi connectivity index (χ4n) is 1.05. The zero-order valence-corrected chi connectivity index (χ0v) is 7.73. The average molecular weight is 244 g/mol. The molecule has 0 amide bonds. The molecule has 2 nitrogen and oxygen atoms in total. The van der Waals surface area contributed by atoms with E-state index < -0.39 is 37.0 Å². The molecule has 0 aromatic rings. The van der Waals surface area contributed by atoms with Crippen LogP contribution in [0.15, 0.2) is 0 Å². The molecule has 2 atom stereocenters. The predicted octanol–water partition coefficient (Wildman–Crippen LogP) is 3.17. The minimum atomic E-state index is -4.76. The first kappa shape index (κ1) is 14.6. The Morgan fingerprint density at radius 1 is 0.750 bits per heavy atom.